The standard InChI is InChI=1S/C29H34O5/c1-28(2,3)22-12-20(26(30)31)5-8-25(22)34-27(32)21-6-7-24(33-4)23(13-21)29-14-17-9-18(15-29)11-19(10-17)16-29/h5-8,12-13,17-19H,9-11,14-16H2,1-4H3,(H,30,31). The third kappa shape index (κ3) is 3.99. The summed E-state index contributed by atoms with van der Waals surface area (Å²) in [5.41, 5.74) is 2.24. The molecule has 6 rings (SSSR count). The summed E-state index contributed by atoms with van der Waals surface area (Å²) in [7, 11) is 1.71. The van der Waals surface area contributed by atoms with E-state index in [1.165, 1.54) is 44.6 Å². The van der Waals surface area contributed by atoms with Crippen LogP contribution < -0.4 is 9.47 Å². The lowest BCUT2D eigenvalue weighted by molar-refractivity contribution is -0.00618. The highest BCUT2D eigenvalue weighted by Crippen LogP contribution is 2.62. The molecular formula is C29H34O5. The van der Waals surface area contributed by atoms with E-state index in [2.05, 4.69) is 0 Å². The Kier molecular flexibility index (Phi) is 5.50. The van der Waals surface area contributed by atoms with Gasteiger partial charge in [0.15, 0.2) is 0 Å². The highest BCUT2D eigenvalue weighted by atomic mass is 16.5. The number of carbonyl (C=O) groups is 2. The number of rotatable bonds is 5. The first-order valence-corrected chi connectivity index (χ1v) is 12.4. The molecule has 5 nitrogen and oxygen atoms in total. The fourth-order valence-electron chi connectivity index (χ4n) is 7.19. The maximum atomic E-state index is 13.3. The molecule has 5 heteroatoms. The van der Waals surface area contributed by atoms with E-state index >= 15 is 0 Å². The number of aromatic carboxylic acids is 1. The number of methoxy groups -OCH3 is 1. The molecule has 34 heavy (non-hydrogen) atoms. The first kappa shape index (κ1) is 22.9. The fraction of sp³-hybridized carbons (Fsp3) is 0.517. The van der Waals surface area contributed by atoms with Crippen molar-refractivity contribution >= 4 is 11.9 Å². The number of carboxylic acid groups (broad SMARTS) is 1. The van der Waals surface area contributed by atoms with Gasteiger partial charge in [-0.2, -0.15) is 0 Å². The zero-order valence-corrected chi connectivity index (χ0v) is 20.5. The lowest BCUT2D eigenvalue weighted by Gasteiger charge is -2.57. The van der Waals surface area contributed by atoms with Crippen molar-refractivity contribution in [1.82, 2.24) is 0 Å². The average Bonchev–Trinajstić information content (AvgIpc) is 2.77. The lowest BCUT2D eigenvalue weighted by Crippen LogP contribution is -2.48. The molecular weight excluding hydrogens is 428 g/mol. The van der Waals surface area contributed by atoms with Crippen molar-refractivity contribution in [2.75, 3.05) is 7.11 Å². The summed E-state index contributed by atoms with van der Waals surface area (Å²) < 4.78 is 11.6. The van der Waals surface area contributed by atoms with Gasteiger partial charge in [0, 0.05) is 11.1 Å². The van der Waals surface area contributed by atoms with Crippen molar-refractivity contribution in [3.05, 3.63) is 58.7 Å². The molecule has 0 aliphatic heterocycles. The van der Waals surface area contributed by atoms with E-state index in [0.717, 1.165) is 29.1 Å². The molecule has 4 fully saturated rings. The Bertz CT molecular complexity index is 1100. The zero-order chi connectivity index (χ0) is 24.3. The molecule has 0 radical (unpaired) electrons. The number of benzene rings is 2. The van der Waals surface area contributed by atoms with E-state index < -0.39 is 11.9 Å². The first-order valence-electron chi connectivity index (χ1n) is 12.4. The largest absolute Gasteiger partial charge is 0.496 e. The van der Waals surface area contributed by atoms with Gasteiger partial charge in [-0.1, -0.05) is 20.8 Å². The Morgan fingerprint density at radius 1 is 0.882 bits per heavy atom. The molecule has 0 saturated heterocycles. The lowest BCUT2D eigenvalue weighted by atomic mass is 9.48. The molecule has 4 aliphatic carbocycles. The average molecular weight is 463 g/mol. The minimum Gasteiger partial charge on any atom is -0.496 e. The molecule has 0 aromatic heterocycles. The number of carboxylic acids is 1. The summed E-state index contributed by atoms with van der Waals surface area (Å²) in [6.45, 7) is 5.93. The van der Waals surface area contributed by atoms with Gasteiger partial charge in [0.05, 0.1) is 18.2 Å². The molecule has 0 atom stereocenters. The number of carbonyl (C=O) groups excluding carboxylic acids is 1. The maximum Gasteiger partial charge on any atom is 0.343 e. The van der Waals surface area contributed by atoms with Gasteiger partial charge in [0.2, 0.25) is 0 Å². The molecule has 2 aromatic rings. The second-order valence-electron chi connectivity index (χ2n) is 11.8. The Morgan fingerprint density at radius 2 is 1.44 bits per heavy atom. The van der Waals surface area contributed by atoms with E-state index in [1.807, 2.05) is 32.9 Å². The van der Waals surface area contributed by atoms with Crippen LogP contribution in [0.4, 0.5) is 0 Å². The van der Waals surface area contributed by atoms with Crippen LogP contribution in [0, 0.1) is 17.8 Å². The van der Waals surface area contributed by atoms with Gasteiger partial charge in [0.25, 0.3) is 0 Å². The Labute approximate surface area is 201 Å². The first-order chi connectivity index (χ1) is 16.1. The predicted molar refractivity (Wildman–Crippen MR) is 130 cm³/mol. The quantitative estimate of drug-likeness (QED) is 0.412. The van der Waals surface area contributed by atoms with Crippen LogP contribution in [0.5, 0.6) is 11.5 Å². The van der Waals surface area contributed by atoms with Crippen molar-refractivity contribution < 1.29 is 24.2 Å². The van der Waals surface area contributed by atoms with E-state index in [0.29, 0.717) is 16.9 Å². The third-order valence-electron chi connectivity index (χ3n) is 8.28. The minimum atomic E-state index is -1.00. The van der Waals surface area contributed by atoms with Gasteiger partial charge >= 0.3 is 11.9 Å². The van der Waals surface area contributed by atoms with Crippen LogP contribution in [0.25, 0.3) is 0 Å². The van der Waals surface area contributed by atoms with E-state index in [1.54, 1.807) is 25.3 Å². The smallest absolute Gasteiger partial charge is 0.343 e. The summed E-state index contributed by atoms with van der Waals surface area (Å²) in [4.78, 5) is 24.8. The molecule has 0 spiro atoms. The summed E-state index contributed by atoms with van der Waals surface area (Å²) in [6.07, 6.45) is 7.59. The number of esters is 1. The molecule has 180 valence electrons. The minimum absolute atomic E-state index is 0.0933. The zero-order valence-electron chi connectivity index (χ0n) is 20.5. The van der Waals surface area contributed by atoms with Crippen LogP contribution in [-0.4, -0.2) is 24.2 Å². The second kappa shape index (κ2) is 8.14. The van der Waals surface area contributed by atoms with Crippen LogP contribution in [0.1, 0.15) is 91.1 Å². The SMILES string of the molecule is COc1ccc(C(=O)Oc2ccc(C(=O)O)cc2C(C)(C)C)cc1C12CC3CC(CC(C3)C1)C2. The van der Waals surface area contributed by atoms with Gasteiger partial charge in [-0.25, -0.2) is 9.59 Å². The molecule has 4 aliphatic rings. The molecule has 4 saturated carbocycles. The summed E-state index contributed by atoms with van der Waals surface area (Å²) in [5, 5.41) is 9.40. The van der Waals surface area contributed by atoms with E-state index in [4.69, 9.17) is 9.47 Å². The molecule has 1 N–H and O–H groups in total. The third-order valence-corrected chi connectivity index (χ3v) is 8.28. The molecule has 0 amide bonds. The summed E-state index contributed by atoms with van der Waals surface area (Å²) >= 11 is 0. The van der Waals surface area contributed by atoms with Crippen LogP contribution in [0.15, 0.2) is 36.4 Å². The Balaban J connectivity index is 1.48. The van der Waals surface area contributed by atoms with Crippen LogP contribution in [0.3, 0.4) is 0 Å². The van der Waals surface area contributed by atoms with Crippen LogP contribution >= 0.6 is 0 Å². The predicted octanol–water partition coefficient (Wildman–Crippen LogP) is 6.38. The van der Waals surface area contributed by atoms with Gasteiger partial charge in [-0.05, 0) is 104 Å². The molecule has 0 unspecified atom stereocenters. The topological polar surface area (TPSA) is 72.8 Å². The van der Waals surface area contributed by atoms with E-state index in [9.17, 15) is 14.7 Å². The van der Waals surface area contributed by atoms with Crippen molar-refractivity contribution in [3.8, 4) is 11.5 Å². The molecule has 0 heterocycles. The second-order valence-corrected chi connectivity index (χ2v) is 11.8. The van der Waals surface area contributed by atoms with Crippen molar-refractivity contribution in [3.63, 3.8) is 0 Å². The van der Waals surface area contributed by atoms with Gasteiger partial charge in [-0.15, -0.1) is 0 Å². The number of ether oxygens (including phenoxy) is 2. The monoisotopic (exact) mass is 462 g/mol. The summed E-state index contributed by atoms with van der Waals surface area (Å²) in [6, 6.07) is 10.3. The maximum absolute atomic E-state index is 13.3. The molecule has 2 aromatic carbocycles. The highest BCUT2D eigenvalue weighted by Gasteiger charge is 2.52. The number of hydrogen-bond acceptors (Lipinski definition) is 4. The fourth-order valence-corrected chi connectivity index (χ4v) is 7.19. The highest BCUT2D eigenvalue weighted by molar-refractivity contribution is 5.92. The van der Waals surface area contributed by atoms with Gasteiger partial charge in [-0.3, -0.25) is 0 Å². The Hall–Kier alpha value is -2.82. The van der Waals surface area contributed by atoms with Crippen molar-refractivity contribution in [1.29, 1.82) is 0 Å². The van der Waals surface area contributed by atoms with Crippen LogP contribution in [-0.2, 0) is 10.8 Å². The number of hydrogen-bond donors (Lipinski definition) is 1. The van der Waals surface area contributed by atoms with Gasteiger partial charge in [0.1, 0.15) is 11.5 Å². The normalized spacial score (nSPS) is 27.5. The van der Waals surface area contributed by atoms with Crippen LogP contribution in [0.2, 0.25) is 0 Å². The molecule has 4 bridgehead atoms. The van der Waals surface area contributed by atoms with Gasteiger partial charge < -0.3 is 14.6 Å². The van der Waals surface area contributed by atoms with E-state index in [-0.39, 0.29) is 16.4 Å². The summed E-state index contributed by atoms with van der Waals surface area (Å²) in [5.74, 6) is 2.19. The van der Waals surface area contributed by atoms with Crippen molar-refractivity contribution in [2.45, 2.75) is 70.1 Å². The Morgan fingerprint density at radius 3 is 1.97 bits per heavy atom. The van der Waals surface area contributed by atoms with Crippen molar-refractivity contribution in [2.24, 2.45) is 17.8 Å².